The first kappa shape index (κ1) is 15.5. The zero-order chi connectivity index (χ0) is 15.5. The molecule has 1 heterocycles. The van der Waals surface area contributed by atoms with Crippen LogP contribution in [-0.2, 0) is 14.3 Å². The highest BCUT2D eigenvalue weighted by Gasteiger charge is 2.32. The fourth-order valence-corrected chi connectivity index (χ4v) is 2.56. The van der Waals surface area contributed by atoms with E-state index < -0.39 is 6.09 Å². The van der Waals surface area contributed by atoms with Crippen LogP contribution in [0.1, 0.15) is 39.5 Å². The average Bonchev–Trinajstić information content (AvgIpc) is 2.93. The number of imide groups is 1. The van der Waals surface area contributed by atoms with Gasteiger partial charge < -0.3 is 4.74 Å². The molecule has 1 fully saturated rings. The van der Waals surface area contributed by atoms with E-state index in [1.165, 1.54) is 11.6 Å². The second kappa shape index (κ2) is 6.24. The van der Waals surface area contributed by atoms with Crippen molar-refractivity contribution in [2.75, 3.05) is 13.2 Å². The minimum atomic E-state index is -0.568. The van der Waals surface area contributed by atoms with Gasteiger partial charge in [0.05, 0.1) is 6.54 Å². The van der Waals surface area contributed by atoms with Crippen LogP contribution < -0.4 is 0 Å². The zero-order valence-corrected chi connectivity index (χ0v) is 12.6. The Labute approximate surface area is 124 Å². The molecule has 0 atom stereocenters. The first-order valence-corrected chi connectivity index (χ1v) is 7.29. The van der Waals surface area contributed by atoms with Gasteiger partial charge in [-0.25, -0.2) is 9.69 Å². The Bertz CT molecular complexity index is 516. The smallest absolute Gasteiger partial charge is 0.416 e. The van der Waals surface area contributed by atoms with Gasteiger partial charge >= 0.3 is 6.09 Å². The van der Waals surface area contributed by atoms with Crippen molar-refractivity contribution < 1.29 is 19.1 Å². The Hall–Kier alpha value is -1.91. The molecule has 0 aromatic rings. The number of nitrogens with zero attached hydrogens (tertiary/aromatic N) is 1. The van der Waals surface area contributed by atoms with Crippen molar-refractivity contribution in [3.05, 3.63) is 23.8 Å². The van der Waals surface area contributed by atoms with Crippen molar-refractivity contribution in [1.29, 1.82) is 0 Å². The summed E-state index contributed by atoms with van der Waals surface area (Å²) >= 11 is 0. The molecule has 0 radical (unpaired) electrons. The van der Waals surface area contributed by atoms with Crippen molar-refractivity contribution in [1.82, 2.24) is 4.90 Å². The molecule has 2 aliphatic rings. The number of rotatable bonds is 5. The first-order valence-electron chi connectivity index (χ1n) is 7.29. The number of carbonyl (C=O) groups excluding carboxylic acids is 3. The number of allylic oxidation sites excluding steroid dienone is 3. The summed E-state index contributed by atoms with van der Waals surface area (Å²) in [5, 5.41) is 0. The van der Waals surface area contributed by atoms with E-state index in [4.69, 9.17) is 4.74 Å². The number of ketones is 1. The second-order valence-electron chi connectivity index (χ2n) is 6.13. The second-order valence-corrected chi connectivity index (χ2v) is 6.13. The molecule has 114 valence electrons. The van der Waals surface area contributed by atoms with Crippen LogP contribution in [0.15, 0.2) is 23.8 Å². The fourth-order valence-electron chi connectivity index (χ4n) is 2.56. The molecule has 1 saturated heterocycles. The van der Waals surface area contributed by atoms with Crippen LogP contribution >= 0.6 is 0 Å². The lowest BCUT2D eigenvalue weighted by Gasteiger charge is -2.14. The number of carbonyl (C=O) groups is 3. The van der Waals surface area contributed by atoms with E-state index >= 15 is 0 Å². The molecule has 0 aromatic carbocycles. The summed E-state index contributed by atoms with van der Waals surface area (Å²) in [6.45, 7) is 4.53. The quantitative estimate of drug-likeness (QED) is 0.577. The summed E-state index contributed by atoms with van der Waals surface area (Å²) in [6.07, 6.45) is 7.73. The van der Waals surface area contributed by atoms with Gasteiger partial charge in [0, 0.05) is 5.41 Å². The van der Waals surface area contributed by atoms with E-state index in [2.05, 4.69) is 0 Å². The molecule has 0 saturated carbocycles. The van der Waals surface area contributed by atoms with E-state index in [9.17, 15) is 14.4 Å². The zero-order valence-electron chi connectivity index (χ0n) is 12.6. The third-order valence-electron chi connectivity index (χ3n) is 3.83. The highest BCUT2D eigenvalue weighted by molar-refractivity contribution is 5.99. The molecule has 5 heteroatoms. The largest absolute Gasteiger partial charge is 0.447 e. The molecule has 2 amide bonds. The monoisotopic (exact) mass is 291 g/mol. The first-order chi connectivity index (χ1) is 9.90. The van der Waals surface area contributed by atoms with Crippen molar-refractivity contribution in [2.24, 2.45) is 5.41 Å². The number of ether oxygens (including phenoxy) is 1. The number of hydrogen-bond acceptors (Lipinski definition) is 4. The van der Waals surface area contributed by atoms with Crippen LogP contribution in [0, 0.1) is 5.41 Å². The fraction of sp³-hybridized carbons (Fsp3) is 0.562. The molecule has 0 spiro atoms. The Kier molecular flexibility index (Phi) is 4.60. The molecule has 0 bridgehead atoms. The van der Waals surface area contributed by atoms with Crippen LogP contribution in [0.4, 0.5) is 4.79 Å². The molecular weight excluding hydrogens is 270 g/mol. The van der Waals surface area contributed by atoms with E-state index in [0.717, 1.165) is 30.6 Å². The number of hydrogen-bond donors (Lipinski definition) is 0. The molecule has 0 aromatic heterocycles. The lowest BCUT2D eigenvalue weighted by molar-refractivity contribution is -0.123. The number of unbranched alkanes of at least 4 members (excludes halogenated alkanes) is 1. The minimum absolute atomic E-state index is 0.204. The molecule has 5 nitrogen and oxygen atoms in total. The lowest BCUT2D eigenvalue weighted by atomic mass is 9.88. The van der Waals surface area contributed by atoms with Crippen molar-refractivity contribution >= 4 is 17.8 Å². The van der Waals surface area contributed by atoms with E-state index in [1.807, 2.05) is 13.8 Å². The van der Waals surface area contributed by atoms with Gasteiger partial charge in [0.25, 0.3) is 5.91 Å². The van der Waals surface area contributed by atoms with Crippen LogP contribution in [-0.4, -0.2) is 35.8 Å². The van der Waals surface area contributed by atoms with Gasteiger partial charge in [-0.3, -0.25) is 9.59 Å². The van der Waals surface area contributed by atoms with Gasteiger partial charge in [-0.1, -0.05) is 25.5 Å². The van der Waals surface area contributed by atoms with Gasteiger partial charge in [-0.15, -0.1) is 0 Å². The van der Waals surface area contributed by atoms with Gasteiger partial charge in [0.15, 0.2) is 5.78 Å². The Morgan fingerprint density at radius 3 is 2.76 bits per heavy atom. The van der Waals surface area contributed by atoms with Gasteiger partial charge in [0.1, 0.15) is 6.61 Å². The van der Waals surface area contributed by atoms with Gasteiger partial charge in [-0.2, -0.15) is 0 Å². The van der Waals surface area contributed by atoms with E-state index in [0.29, 0.717) is 6.54 Å². The molecule has 1 aliphatic carbocycles. The molecule has 0 N–H and O–H groups in total. The van der Waals surface area contributed by atoms with Crippen molar-refractivity contribution in [3.63, 3.8) is 0 Å². The highest BCUT2D eigenvalue weighted by Crippen LogP contribution is 2.35. The summed E-state index contributed by atoms with van der Waals surface area (Å²) < 4.78 is 4.70. The van der Waals surface area contributed by atoms with Crippen molar-refractivity contribution in [3.8, 4) is 0 Å². The van der Waals surface area contributed by atoms with Crippen molar-refractivity contribution in [2.45, 2.75) is 39.5 Å². The normalized spacial score (nSPS) is 21.0. The minimum Gasteiger partial charge on any atom is -0.447 e. The molecule has 2 rings (SSSR count). The predicted octanol–water partition coefficient (Wildman–Crippen LogP) is 2.62. The maximum absolute atomic E-state index is 11.7. The topological polar surface area (TPSA) is 63.7 Å². The summed E-state index contributed by atoms with van der Waals surface area (Å²) in [4.78, 5) is 35.6. The van der Waals surface area contributed by atoms with Crippen LogP contribution in [0.3, 0.4) is 0 Å². The maximum atomic E-state index is 11.7. The Morgan fingerprint density at radius 2 is 2.19 bits per heavy atom. The van der Waals surface area contributed by atoms with Crippen LogP contribution in [0.25, 0.3) is 0 Å². The number of cyclic esters (lactones) is 1. The Morgan fingerprint density at radius 1 is 1.43 bits per heavy atom. The van der Waals surface area contributed by atoms with E-state index in [1.54, 1.807) is 12.2 Å². The predicted molar refractivity (Wildman–Crippen MR) is 77.5 cm³/mol. The summed E-state index contributed by atoms with van der Waals surface area (Å²) in [7, 11) is 0. The van der Waals surface area contributed by atoms with Gasteiger partial charge in [0.2, 0.25) is 0 Å². The third kappa shape index (κ3) is 3.80. The highest BCUT2D eigenvalue weighted by atomic mass is 16.6. The van der Waals surface area contributed by atoms with Crippen LogP contribution in [0.2, 0.25) is 0 Å². The SMILES string of the molecule is CC1(C)CC(CCC/C=C/C(=O)N2CCOC2=O)=CC1=O. The summed E-state index contributed by atoms with van der Waals surface area (Å²) in [5.41, 5.74) is 0.935. The molecule has 1 aliphatic heterocycles. The average molecular weight is 291 g/mol. The molecule has 21 heavy (non-hydrogen) atoms. The van der Waals surface area contributed by atoms with E-state index in [-0.39, 0.29) is 23.7 Å². The summed E-state index contributed by atoms with van der Waals surface area (Å²) in [5.74, 6) is -0.121. The standard InChI is InChI=1S/C16H21NO4/c1-16(2)11-12(10-13(16)18)6-4-3-5-7-14(19)17-8-9-21-15(17)20/h5,7,10H,3-4,6,8-9,11H2,1-2H3/b7-5+. The molecular formula is C16H21NO4. The lowest BCUT2D eigenvalue weighted by Crippen LogP contribution is -2.29. The maximum Gasteiger partial charge on any atom is 0.416 e. The number of amides is 2. The summed E-state index contributed by atoms with van der Waals surface area (Å²) in [6, 6.07) is 0. The van der Waals surface area contributed by atoms with Crippen LogP contribution in [0.5, 0.6) is 0 Å². The molecule has 0 unspecified atom stereocenters. The Balaban J connectivity index is 1.69. The van der Waals surface area contributed by atoms with Gasteiger partial charge in [-0.05, 0) is 37.8 Å². The third-order valence-corrected chi connectivity index (χ3v) is 3.83.